The number of benzene rings is 1. The molecule has 1 aromatic heterocycles. The quantitative estimate of drug-likeness (QED) is 0.663. The molecule has 0 aliphatic carbocycles. The van der Waals surface area contributed by atoms with Crippen LogP contribution in [0.25, 0.3) is 12.2 Å². The summed E-state index contributed by atoms with van der Waals surface area (Å²) >= 11 is 4.91. The summed E-state index contributed by atoms with van der Waals surface area (Å²) in [6, 6.07) is 6.81. The number of nitrogens with one attached hydrogen (secondary N) is 2. The number of aliphatic carboxylic acids is 1. The summed E-state index contributed by atoms with van der Waals surface area (Å²) < 4.78 is 10.8. The molecule has 2 aromatic rings. The Kier molecular flexibility index (Phi) is 5.93. The van der Waals surface area contributed by atoms with Crippen LogP contribution in [0.4, 0.5) is 0 Å². The number of carboxylic acid groups (broad SMARTS) is 1. The molecule has 134 valence electrons. The summed E-state index contributed by atoms with van der Waals surface area (Å²) in [5, 5.41) is 18.2. The van der Waals surface area contributed by atoms with Gasteiger partial charge >= 0.3 is 5.97 Å². The summed E-state index contributed by atoms with van der Waals surface area (Å²) in [4.78, 5) is 27.9. The minimum absolute atomic E-state index is 0.0789. The fraction of sp³-hybridized carbons (Fsp3) is 0.176. The molecule has 0 saturated carbocycles. The molecule has 0 radical (unpaired) electrons. The molecule has 0 saturated heterocycles. The first kappa shape index (κ1) is 19.0. The molecule has 8 nitrogen and oxygen atoms in total. The average molecular weight is 373 g/mol. The topological polar surface area (TPSA) is 128 Å². The van der Waals surface area contributed by atoms with Crippen molar-refractivity contribution in [2.75, 3.05) is 7.11 Å². The molecular weight excluding hydrogens is 358 g/mol. The Hall–Kier alpha value is -3.38. The van der Waals surface area contributed by atoms with E-state index in [0.29, 0.717) is 11.3 Å². The summed E-state index contributed by atoms with van der Waals surface area (Å²) in [6.07, 6.45) is 1.95. The standard InChI is InChI=1S/C17H15N3O5S/c1-9(16(22)23)25-14-10(4-3-5-13(14)24-2)6-7-12-11(8-18)15(21)20-17(26)19-12/h3-7,9H,1-2H3,(H,22,23)(H2,19,20,21,26). The average Bonchev–Trinajstić information content (AvgIpc) is 2.60. The van der Waals surface area contributed by atoms with Crippen molar-refractivity contribution < 1.29 is 19.4 Å². The fourth-order valence-corrected chi connectivity index (χ4v) is 2.29. The zero-order valence-corrected chi connectivity index (χ0v) is 14.7. The normalized spacial score (nSPS) is 11.7. The molecule has 1 atom stereocenters. The number of methoxy groups -OCH3 is 1. The highest BCUT2D eigenvalue weighted by Gasteiger charge is 2.17. The van der Waals surface area contributed by atoms with Crippen LogP contribution in [-0.4, -0.2) is 34.3 Å². The molecule has 1 heterocycles. The van der Waals surface area contributed by atoms with E-state index in [9.17, 15) is 9.59 Å². The largest absolute Gasteiger partial charge is 0.493 e. The number of nitrogens with zero attached hydrogens (tertiary/aromatic N) is 1. The number of ether oxygens (including phenoxy) is 2. The number of para-hydroxylation sites is 1. The van der Waals surface area contributed by atoms with E-state index in [0.717, 1.165) is 0 Å². The van der Waals surface area contributed by atoms with E-state index in [1.54, 1.807) is 30.3 Å². The highest BCUT2D eigenvalue weighted by molar-refractivity contribution is 7.71. The molecular formula is C17H15N3O5S. The first-order valence-electron chi connectivity index (χ1n) is 7.38. The van der Waals surface area contributed by atoms with Gasteiger partial charge in [0, 0.05) is 5.56 Å². The van der Waals surface area contributed by atoms with Crippen LogP contribution in [0.5, 0.6) is 11.5 Å². The van der Waals surface area contributed by atoms with Gasteiger partial charge in [0.05, 0.1) is 12.8 Å². The van der Waals surface area contributed by atoms with Crippen LogP contribution in [0.15, 0.2) is 23.0 Å². The molecule has 9 heteroatoms. The molecule has 0 spiro atoms. The summed E-state index contributed by atoms with van der Waals surface area (Å²) in [5.74, 6) is -0.557. The van der Waals surface area contributed by atoms with E-state index in [1.807, 2.05) is 0 Å². The molecule has 2 rings (SSSR count). The van der Waals surface area contributed by atoms with Gasteiger partial charge < -0.3 is 19.6 Å². The van der Waals surface area contributed by atoms with Crippen LogP contribution >= 0.6 is 12.2 Å². The molecule has 0 amide bonds. The van der Waals surface area contributed by atoms with Crippen LogP contribution in [0.2, 0.25) is 0 Å². The van der Waals surface area contributed by atoms with Crippen LogP contribution in [0.3, 0.4) is 0 Å². The van der Waals surface area contributed by atoms with Crippen molar-refractivity contribution in [2.45, 2.75) is 13.0 Å². The molecule has 0 fully saturated rings. The van der Waals surface area contributed by atoms with Gasteiger partial charge in [-0.05, 0) is 37.4 Å². The van der Waals surface area contributed by atoms with Gasteiger partial charge in [-0.3, -0.25) is 9.78 Å². The third-order valence-electron chi connectivity index (χ3n) is 3.38. The number of carbonyl (C=O) groups is 1. The Morgan fingerprint density at radius 2 is 2.12 bits per heavy atom. The van der Waals surface area contributed by atoms with Gasteiger partial charge in [0.1, 0.15) is 11.6 Å². The maximum Gasteiger partial charge on any atom is 0.344 e. The second-order valence-electron chi connectivity index (χ2n) is 5.12. The van der Waals surface area contributed by atoms with Crippen LogP contribution in [-0.2, 0) is 4.79 Å². The summed E-state index contributed by atoms with van der Waals surface area (Å²) in [6.45, 7) is 1.39. The van der Waals surface area contributed by atoms with Crippen LogP contribution < -0.4 is 15.0 Å². The third kappa shape index (κ3) is 4.17. The van der Waals surface area contributed by atoms with Gasteiger partial charge in [-0.25, -0.2) is 4.79 Å². The maximum absolute atomic E-state index is 11.8. The van der Waals surface area contributed by atoms with Gasteiger partial charge in [-0.2, -0.15) is 5.26 Å². The van der Waals surface area contributed by atoms with Crippen LogP contribution in [0, 0.1) is 16.1 Å². The molecule has 0 aliphatic heterocycles. The van der Waals surface area contributed by atoms with Gasteiger partial charge in [0.15, 0.2) is 22.4 Å². The molecule has 3 N–H and O–H groups in total. The molecule has 0 bridgehead atoms. The minimum atomic E-state index is -1.13. The third-order valence-corrected chi connectivity index (χ3v) is 3.59. The van der Waals surface area contributed by atoms with Crippen molar-refractivity contribution in [1.82, 2.24) is 9.97 Å². The highest BCUT2D eigenvalue weighted by atomic mass is 32.1. The zero-order valence-electron chi connectivity index (χ0n) is 13.9. The monoisotopic (exact) mass is 373 g/mol. The zero-order chi connectivity index (χ0) is 19.3. The first-order valence-corrected chi connectivity index (χ1v) is 7.79. The van der Waals surface area contributed by atoms with Gasteiger partial charge in [0.2, 0.25) is 0 Å². The van der Waals surface area contributed by atoms with Crippen molar-refractivity contribution in [1.29, 1.82) is 5.26 Å². The number of aromatic nitrogens is 2. The predicted molar refractivity (Wildman–Crippen MR) is 96.6 cm³/mol. The summed E-state index contributed by atoms with van der Waals surface area (Å²) in [5.41, 5.74) is -0.00104. The van der Waals surface area contributed by atoms with E-state index in [4.69, 9.17) is 32.1 Å². The van der Waals surface area contributed by atoms with E-state index >= 15 is 0 Å². The molecule has 26 heavy (non-hydrogen) atoms. The van der Waals surface area contributed by atoms with E-state index in [2.05, 4.69) is 9.97 Å². The minimum Gasteiger partial charge on any atom is -0.493 e. The lowest BCUT2D eigenvalue weighted by Crippen LogP contribution is -2.23. The van der Waals surface area contributed by atoms with Crippen molar-refractivity contribution in [3.05, 3.63) is 50.1 Å². The SMILES string of the molecule is COc1cccc(C=Cc2[nH]c(=S)[nH]c(=O)c2C#N)c1OC(C)C(=O)O. The Morgan fingerprint density at radius 1 is 1.38 bits per heavy atom. The van der Waals surface area contributed by atoms with Crippen molar-refractivity contribution in [3.63, 3.8) is 0 Å². The second-order valence-corrected chi connectivity index (χ2v) is 5.53. The van der Waals surface area contributed by atoms with E-state index in [1.165, 1.54) is 20.1 Å². The number of nitriles is 1. The number of carboxylic acids is 1. The Labute approximate surface area is 153 Å². The van der Waals surface area contributed by atoms with Gasteiger partial charge in [0.25, 0.3) is 5.56 Å². The Bertz CT molecular complexity index is 1020. The van der Waals surface area contributed by atoms with Gasteiger partial charge in [-0.15, -0.1) is 0 Å². The smallest absolute Gasteiger partial charge is 0.344 e. The Morgan fingerprint density at radius 3 is 2.73 bits per heavy atom. The number of hydrogen-bond donors (Lipinski definition) is 3. The number of hydrogen-bond acceptors (Lipinski definition) is 6. The van der Waals surface area contributed by atoms with Crippen molar-refractivity contribution in [2.24, 2.45) is 0 Å². The fourth-order valence-electron chi connectivity index (χ4n) is 2.09. The molecule has 0 aliphatic rings. The van der Waals surface area contributed by atoms with E-state index < -0.39 is 17.6 Å². The van der Waals surface area contributed by atoms with Gasteiger partial charge in [-0.1, -0.05) is 12.1 Å². The van der Waals surface area contributed by atoms with Crippen LogP contribution in [0.1, 0.15) is 23.7 Å². The first-order chi connectivity index (χ1) is 12.4. The summed E-state index contributed by atoms with van der Waals surface area (Å²) in [7, 11) is 1.43. The van der Waals surface area contributed by atoms with E-state index in [-0.39, 0.29) is 21.8 Å². The van der Waals surface area contributed by atoms with Crippen molar-refractivity contribution >= 4 is 30.3 Å². The molecule has 1 unspecified atom stereocenters. The number of rotatable bonds is 6. The predicted octanol–water partition coefficient (Wildman–Crippen LogP) is 2.34. The number of H-pyrrole nitrogens is 2. The Balaban J connectivity index is 2.52. The molecule has 1 aromatic carbocycles. The second kappa shape index (κ2) is 8.13. The maximum atomic E-state index is 11.8. The highest BCUT2D eigenvalue weighted by Crippen LogP contribution is 2.33. The number of aromatic amines is 2. The lowest BCUT2D eigenvalue weighted by Gasteiger charge is -2.16. The lowest BCUT2D eigenvalue weighted by atomic mass is 10.1. The van der Waals surface area contributed by atoms with Crippen molar-refractivity contribution in [3.8, 4) is 17.6 Å². The lowest BCUT2D eigenvalue weighted by molar-refractivity contribution is -0.144.